The summed E-state index contributed by atoms with van der Waals surface area (Å²) < 4.78 is 5.26. The number of amides is 1. The average molecular weight is 295 g/mol. The van der Waals surface area contributed by atoms with Gasteiger partial charge < -0.3 is 14.7 Å². The molecule has 1 unspecified atom stereocenters. The van der Waals surface area contributed by atoms with Crippen molar-refractivity contribution >= 4 is 23.8 Å². The quantitative estimate of drug-likeness (QED) is 0.922. The van der Waals surface area contributed by atoms with E-state index in [1.807, 2.05) is 30.3 Å². The van der Waals surface area contributed by atoms with E-state index in [-0.39, 0.29) is 19.1 Å². The molecule has 0 aliphatic carbocycles. The van der Waals surface area contributed by atoms with Crippen LogP contribution in [0.5, 0.6) is 0 Å². The molecule has 6 heteroatoms. The first-order valence-corrected chi connectivity index (χ1v) is 7.59. The van der Waals surface area contributed by atoms with Gasteiger partial charge in [0.15, 0.2) is 0 Å². The Kier molecular flexibility index (Phi) is 5.29. The topological polar surface area (TPSA) is 66.8 Å². The zero-order chi connectivity index (χ0) is 14.4. The molecule has 1 saturated heterocycles. The van der Waals surface area contributed by atoms with Crippen molar-refractivity contribution in [3.63, 3.8) is 0 Å². The first-order chi connectivity index (χ1) is 9.66. The lowest BCUT2D eigenvalue weighted by Gasteiger charge is -2.33. The van der Waals surface area contributed by atoms with E-state index >= 15 is 0 Å². The predicted octanol–water partition coefficient (Wildman–Crippen LogP) is 2.22. The fourth-order valence-corrected chi connectivity index (χ4v) is 3.13. The van der Waals surface area contributed by atoms with Gasteiger partial charge in [0.25, 0.3) is 0 Å². The van der Waals surface area contributed by atoms with E-state index in [9.17, 15) is 9.59 Å². The number of carbonyl (C=O) groups is 2. The van der Waals surface area contributed by atoms with Gasteiger partial charge in [-0.25, -0.2) is 4.79 Å². The summed E-state index contributed by atoms with van der Waals surface area (Å²) in [6.45, 7) is 0.749. The van der Waals surface area contributed by atoms with Crippen molar-refractivity contribution in [2.75, 3.05) is 18.1 Å². The highest BCUT2D eigenvalue weighted by Gasteiger charge is 2.29. The number of hydrogen-bond acceptors (Lipinski definition) is 4. The van der Waals surface area contributed by atoms with E-state index in [4.69, 9.17) is 9.84 Å². The summed E-state index contributed by atoms with van der Waals surface area (Å²) in [4.78, 5) is 24.4. The Bertz CT molecular complexity index is 466. The molecule has 1 N–H and O–H groups in total. The number of rotatable bonds is 4. The van der Waals surface area contributed by atoms with Gasteiger partial charge >= 0.3 is 12.1 Å². The SMILES string of the molecule is O=C(O)CC1CSCCN1C(=O)OCc1ccccc1. The van der Waals surface area contributed by atoms with Crippen LogP contribution < -0.4 is 0 Å². The largest absolute Gasteiger partial charge is 0.481 e. The molecule has 5 nitrogen and oxygen atoms in total. The number of nitrogens with zero attached hydrogens (tertiary/aromatic N) is 1. The van der Waals surface area contributed by atoms with Crippen molar-refractivity contribution in [2.45, 2.75) is 19.1 Å². The molecule has 108 valence electrons. The Morgan fingerprint density at radius 1 is 1.35 bits per heavy atom. The number of carboxylic acids is 1. The lowest BCUT2D eigenvalue weighted by atomic mass is 10.2. The second-order valence-electron chi connectivity index (χ2n) is 4.56. The summed E-state index contributed by atoms with van der Waals surface area (Å²) in [5, 5.41) is 8.89. The monoisotopic (exact) mass is 295 g/mol. The highest BCUT2D eigenvalue weighted by atomic mass is 32.2. The summed E-state index contributed by atoms with van der Waals surface area (Å²) in [6, 6.07) is 9.15. The predicted molar refractivity (Wildman–Crippen MR) is 76.7 cm³/mol. The minimum absolute atomic E-state index is 0.0343. The van der Waals surface area contributed by atoms with Crippen LogP contribution in [0, 0.1) is 0 Å². The molecular formula is C14H17NO4S. The highest BCUT2D eigenvalue weighted by Crippen LogP contribution is 2.20. The maximum absolute atomic E-state index is 12.1. The van der Waals surface area contributed by atoms with Crippen LogP contribution in [0.15, 0.2) is 30.3 Å². The van der Waals surface area contributed by atoms with Gasteiger partial charge in [-0.15, -0.1) is 0 Å². The van der Waals surface area contributed by atoms with Crippen LogP contribution in [0.1, 0.15) is 12.0 Å². The van der Waals surface area contributed by atoms with Crippen LogP contribution in [0.2, 0.25) is 0 Å². The van der Waals surface area contributed by atoms with Crippen molar-refractivity contribution in [3.05, 3.63) is 35.9 Å². The number of thioether (sulfide) groups is 1. The Morgan fingerprint density at radius 3 is 2.80 bits per heavy atom. The van der Waals surface area contributed by atoms with Crippen molar-refractivity contribution in [1.29, 1.82) is 0 Å². The van der Waals surface area contributed by atoms with Gasteiger partial charge in [-0.05, 0) is 5.56 Å². The average Bonchev–Trinajstić information content (AvgIpc) is 2.46. The van der Waals surface area contributed by atoms with Gasteiger partial charge in [0.05, 0.1) is 12.5 Å². The summed E-state index contributed by atoms with van der Waals surface area (Å²) in [6.07, 6.45) is -0.464. The number of carbonyl (C=O) groups excluding carboxylic acids is 1. The number of hydrogen-bond donors (Lipinski definition) is 1. The minimum atomic E-state index is -0.890. The van der Waals surface area contributed by atoms with Gasteiger partial charge in [-0.1, -0.05) is 30.3 Å². The third-order valence-corrected chi connectivity index (χ3v) is 4.17. The second kappa shape index (κ2) is 7.19. The van der Waals surface area contributed by atoms with E-state index in [1.54, 1.807) is 11.8 Å². The number of carboxylic acid groups (broad SMARTS) is 1. The van der Waals surface area contributed by atoms with Crippen LogP contribution >= 0.6 is 11.8 Å². The maximum atomic E-state index is 12.1. The van der Waals surface area contributed by atoms with Crippen molar-refractivity contribution in [2.24, 2.45) is 0 Å². The normalized spacial score (nSPS) is 18.6. The molecule has 0 radical (unpaired) electrons. The molecule has 1 atom stereocenters. The van der Waals surface area contributed by atoms with Gasteiger partial charge in [-0.2, -0.15) is 11.8 Å². The van der Waals surface area contributed by atoms with Crippen molar-refractivity contribution < 1.29 is 19.4 Å². The lowest BCUT2D eigenvalue weighted by molar-refractivity contribution is -0.138. The van der Waals surface area contributed by atoms with E-state index in [0.29, 0.717) is 12.3 Å². The Morgan fingerprint density at radius 2 is 2.10 bits per heavy atom. The molecule has 1 aromatic carbocycles. The summed E-state index contributed by atoms with van der Waals surface area (Å²) in [5.41, 5.74) is 0.919. The third kappa shape index (κ3) is 4.16. The molecule has 1 aromatic rings. The maximum Gasteiger partial charge on any atom is 0.410 e. The molecule has 1 aliphatic rings. The Hall–Kier alpha value is -1.69. The van der Waals surface area contributed by atoms with Gasteiger partial charge in [-0.3, -0.25) is 4.79 Å². The molecular weight excluding hydrogens is 278 g/mol. The number of benzene rings is 1. The molecule has 0 bridgehead atoms. The lowest BCUT2D eigenvalue weighted by Crippen LogP contribution is -2.47. The molecule has 1 fully saturated rings. The highest BCUT2D eigenvalue weighted by molar-refractivity contribution is 7.99. The smallest absolute Gasteiger partial charge is 0.410 e. The van der Waals surface area contributed by atoms with E-state index < -0.39 is 12.1 Å². The van der Waals surface area contributed by atoms with Crippen molar-refractivity contribution in [3.8, 4) is 0 Å². The molecule has 0 spiro atoms. The second-order valence-corrected chi connectivity index (χ2v) is 5.71. The Labute approximate surface area is 121 Å². The van der Waals surface area contributed by atoms with Crippen LogP contribution in [0.25, 0.3) is 0 Å². The first kappa shape index (κ1) is 14.7. The van der Waals surface area contributed by atoms with Gasteiger partial charge in [0.2, 0.25) is 0 Å². The molecule has 0 saturated carbocycles. The molecule has 0 aromatic heterocycles. The zero-order valence-corrected chi connectivity index (χ0v) is 11.8. The number of aliphatic carboxylic acids is 1. The standard InChI is InChI=1S/C14H17NO4S/c16-13(17)8-12-10-20-7-6-15(12)14(18)19-9-11-4-2-1-3-5-11/h1-5,12H,6-10H2,(H,16,17). The van der Waals surface area contributed by atoms with Gasteiger partial charge in [0, 0.05) is 18.1 Å². The molecule has 20 heavy (non-hydrogen) atoms. The molecule has 1 amide bonds. The van der Waals surface area contributed by atoms with Crippen molar-refractivity contribution in [1.82, 2.24) is 4.90 Å². The Balaban J connectivity index is 1.90. The summed E-state index contributed by atoms with van der Waals surface area (Å²) in [5.74, 6) is 0.571. The van der Waals surface area contributed by atoms with Crippen LogP contribution in [0.3, 0.4) is 0 Å². The van der Waals surface area contributed by atoms with Crippen LogP contribution in [-0.4, -0.2) is 46.2 Å². The molecule has 1 aliphatic heterocycles. The zero-order valence-electron chi connectivity index (χ0n) is 11.0. The van der Waals surface area contributed by atoms with Crippen LogP contribution in [-0.2, 0) is 16.1 Å². The first-order valence-electron chi connectivity index (χ1n) is 6.43. The molecule has 2 rings (SSSR count). The fourth-order valence-electron chi connectivity index (χ4n) is 2.07. The summed E-state index contributed by atoms with van der Waals surface area (Å²) in [7, 11) is 0. The fraction of sp³-hybridized carbons (Fsp3) is 0.429. The summed E-state index contributed by atoms with van der Waals surface area (Å²) >= 11 is 1.67. The number of ether oxygens (including phenoxy) is 1. The van der Waals surface area contributed by atoms with E-state index in [1.165, 1.54) is 4.90 Å². The van der Waals surface area contributed by atoms with Crippen LogP contribution in [0.4, 0.5) is 4.79 Å². The minimum Gasteiger partial charge on any atom is -0.481 e. The third-order valence-electron chi connectivity index (χ3n) is 3.08. The van der Waals surface area contributed by atoms with E-state index in [2.05, 4.69) is 0 Å². The van der Waals surface area contributed by atoms with E-state index in [0.717, 1.165) is 11.3 Å². The molecule has 1 heterocycles. The van der Waals surface area contributed by atoms with Gasteiger partial charge in [0.1, 0.15) is 6.61 Å².